The highest BCUT2D eigenvalue weighted by atomic mass is 79.9. The Hall–Kier alpha value is -2.07. The molecule has 0 saturated carbocycles. The van der Waals surface area contributed by atoms with Gasteiger partial charge >= 0.3 is 6.01 Å². The Labute approximate surface area is 135 Å². The van der Waals surface area contributed by atoms with E-state index in [0.29, 0.717) is 8.95 Å². The van der Waals surface area contributed by atoms with Crippen LogP contribution in [0, 0.1) is 15.5 Å². The summed E-state index contributed by atoms with van der Waals surface area (Å²) in [6, 6.07) is 4.04. The molecule has 2 rings (SSSR count). The number of ether oxygens (including phenoxy) is 1. The second-order valence-electron chi connectivity index (χ2n) is 3.74. The number of amidine groups is 1. The second kappa shape index (κ2) is 6.14. The molecule has 0 amide bonds. The van der Waals surface area contributed by atoms with E-state index in [0.717, 1.165) is 0 Å². The second-order valence-corrected chi connectivity index (χ2v) is 5.44. The van der Waals surface area contributed by atoms with Crippen LogP contribution in [0.25, 0.3) is 0 Å². The van der Waals surface area contributed by atoms with Crippen LogP contribution in [0.2, 0.25) is 0 Å². The number of nitrogens with zero attached hydrogens (tertiary/aromatic N) is 3. The summed E-state index contributed by atoms with van der Waals surface area (Å²) in [5, 5.41) is 18.1. The fourth-order valence-corrected chi connectivity index (χ4v) is 2.70. The fourth-order valence-electron chi connectivity index (χ4n) is 1.38. The maximum absolute atomic E-state index is 10.8. The maximum Gasteiger partial charge on any atom is 0.322 e. The molecule has 1 aromatic carbocycles. The van der Waals surface area contributed by atoms with E-state index in [1.807, 2.05) is 0 Å². The number of nitrogens with two attached hydrogens (primary N) is 1. The standard InChI is InChI=1S/C11H7Br2N5O3/c12-6-3-5(18(19)20)4-7(13)9(6)21-11-16-2-1-8(17-11)10(14)15/h1-4H,(H3,14,15). The summed E-state index contributed by atoms with van der Waals surface area (Å²) < 4.78 is 6.20. The third kappa shape index (κ3) is 3.52. The number of nitrogens with one attached hydrogen (secondary N) is 1. The van der Waals surface area contributed by atoms with Gasteiger partial charge in [-0.25, -0.2) is 4.98 Å². The number of aromatic nitrogens is 2. The molecule has 0 aliphatic rings. The van der Waals surface area contributed by atoms with Crippen molar-refractivity contribution in [3.05, 3.63) is 49.1 Å². The molecule has 1 heterocycles. The lowest BCUT2D eigenvalue weighted by atomic mass is 10.3. The van der Waals surface area contributed by atoms with Crippen LogP contribution in [0.4, 0.5) is 5.69 Å². The number of hydrogen-bond acceptors (Lipinski definition) is 6. The number of non-ortho nitro benzene ring substituents is 1. The molecule has 21 heavy (non-hydrogen) atoms. The molecule has 0 aliphatic heterocycles. The maximum atomic E-state index is 10.8. The Morgan fingerprint density at radius 2 is 2.00 bits per heavy atom. The highest BCUT2D eigenvalue weighted by Gasteiger charge is 2.17. The summed E-state index contributed by atoms with van der Waals surface area (Å²) >= 11 is 6.38. The minimum absolute atomic E-state index is 0.0297. The average molecular weight is 417 g/mol. The Morgan fingerprint density at radius 3 is 2.52 bits per heavy atom. The Kier molecular flexibility index (Phi) is 4.48. The lowest BCUT2D eigenvalue weighted by Crippen LogP contribution is -2.13. The van der Waals surface area contributed by atoms with Crippen LogP contribution in [0.5, 0.6) is 11.8 Å². The Bertz CT molecular complexity index is 715. The molecule has 0 atom stereocenters. The van der Waals surface area contributed by atoms with Crippen molar-refractivity contribution in [2.75, 3.05) is 0 Å². The number of nitrogen functional groups attached to an aromatic ring is 1. The van der Waals surface area contributed by atoms with Crippen LogP contribution in [0.15, 0.2) is 33.3 Å². The van der Waals surface area contributed by atoms with Crippen molar-refractivity contribution >= 4 is 43.4 Å². The van der Waals surface area contributed by atoms with Crippen LogP contribution >= 0.6 is 31.9 Å². The first-order valence-electron chi connectivity index (χ1n) is 5.37. The first-order valence-corrected chi connectivity index (χ1v) is 6.96. The van der Waals surface area contributed by atoms with Gasteiger partial charge in [0.2, 0.25) is 0 Å². The smallest absolute Gasteiger partial charge is 0.322 e. The molecule has 0 radical (unpaired) electrons. The molecule has 2 aromatic rings. The van der Waals surface area contributed by atoms with Crippen molar-refractivity contribution in [2.45, 2.75) is 0 Å². The quantitative estimate of drug-likeness (QED) is 0.341. The molecule has 0 aliphatic carbocycles. The van der Waals surface area contributed by atoms with E-state index in [-0.39, 0.29) is 29.0 Å². The van der Waals surface area contributed by atoms with Gasteiger partial charge in [0, 0.05) is 18.3 Å². The molecular weight excluding hydrogens is 410 g/mol. The largest absolute Gasteiger partial charge is 0.422 e. The van der Waals surface area contributed by atoms with Crippen LogP contribution in [0.3, 0.4) is 0 Å². The summed E-state index contributed by atoms with van der Waals surface area (Å²) in [7, 11) is 0. The first-order chi connectivity index (χ1) is 9.88. The molecule has 8 nitrogen and oxygen atoms in total. The van der Waals surface area contributed by atoms with Crippen LogP contribution in [0.1, 0.15) is 5.69 Å². The van der Waals surface area contributed by atoms with E-state index in [1.165, 1.54) is 24.4 Å². The highest BCUT2D eigenvalue weighted by Crippen LogP contribution is 2.38. The van der Waals surface area contributed by atoms with Crippen molar-refractivity contribution in [1.29, 1.82) is 5.41 Å². The zero-order valence-electron chi connectivity index (χ0n) is 10.2. The average Bonchev–Trinajstić information content (AvgIpc) is 2.42. The number of benzene rings is 1. The van der Waals surface area contributed by atoms with Crippen LogP contribution < -0.4 is 10.5 Å². The van der Waals surface area contributed by atoms with Gasteiger partial charge in [0.1, 0.15) is 11.5 Å². The Balaban J connectivity index is 2.38. The summed E-state index contributed by atoms with van der Waals surface area (Å²) in [5.41, 5.74) is 5.45. The number of hydrogen-bond donors (Lipinski definition) is 2. The van der Waals surface area contributed by atoms with E-state index in [4.69, 9.17) is 15.9 Å². The van der Waals surface area contributed by atoms with Gasteiger partial charge in [-0.1, -0.05) is 0 Å². The molecule has 0 spiro atoms. The first kappa shape index (κ1) is 15.3. The van der Waals surface area contributed by atoms with Crippen LogP contribution in [-0.4, -0.2) is 20.7 Å². The molecule has 0 saturated heterocycles. The zero-order valence-corrected chi connectivity index (χ0v) is 13.4. The van der Waals surface area contributed by atoms with Gasteiger partial charge in [0.25, 0.3) is 5.69 Å². The van der Waals surface area contributed by atoms with Gasteiger partial charge in [0.15, 0.2) is 5.75 Å². The number of rotatable bonds is 4. The number of halogens is 2. The van der Waals surface area contributed by atoms with Crippen molar-refractivity contribution in [3.63, 3.8) is 0 Å². The highest BCUT2D eigenvalue weighted by molar-refractivity contribution is 9.11. The van der Waals surface area contributed by atoms with Crippen molar-refractivity contribution in [3.8, 4) is 11.8 Å². The van der Waals surface area contributed by atoms with E-state index in [1.54, 1.807) is 0 Å². The molecular formula is C11H7Br2N5O3. The SMILES string of the molecule is N=C(N)c1ccnc(Oc2c(Br)cc([N+](=O)[O-])cc2Br)n1. The minimum Gasteiger partial charge on any atom is -0.422 e. The summed E-state index contributed by atoms with van der Waals surface area (Å²) in [5.74, 6) is 0.0605. The summed E-state index contributed by atoms with van der Waals surface area (Å²) in [6.45, 7) is 0. The predicted molar refractivity (Wildman–Crippen MR) is 81.6 cm³/mol. The normalized spacial score (nSPS) is 10.2. The van der Waals surface area contributed by atoms with E-state index in [2.05, 4.69) is 41.8 Å². The lowest BCUT2D eigenvalue weighted by molar-refractivity contribution is -0.385. The molecule has 108 valence electrons. The molecule has 0 bridgehead atoms. The zero-order chi connectivity index (χ0) is 15.6. The molecule has 3 N–H and O–H groups in total. The van der Waals surface area contributed by atoms with Gasteiger partial charge in [-0.2, -0.15) is 4.98 Å². The van der Waals surface area contributed by atoms with Crippen LogP contribution in [-0.2, 0) is 0 Å². The van der Waals surface area contributed by atoms with Gasteiger partial charge in [-0.3, -0.25) is 15.5 Å². The fraction of sp³-hybridized carbons (Fsp3) is 0. The number of nitro groups is 1. The molecule has 10 heteroatoms. The van der Waals surface area contributed by atoms with Gasteiger partial charge < -0.3 is 10.5 Å². The van der Waals surface area contributed by atoms with Gasteiger partial charge in [-0.05, 0) is 37.9 Å². The number of nitro benzene ring substituents is 1. The van der Waals surface area contributed by atoms with Gasteiger partial charge in [-0.15, -0.1) is 0 Å². The van der Waals surface area contributed by atoms with E-state index < -0.39 is 4.92 Å². The third-order valence-corrected chi connectivity index (χ3v) is 3.47. The predicted octanol–water partition coefficient (Wildman–Crippen LogP) is 2.99. The minimum atomic E-state index is -0.522. The molecule has 1 aromatic heterocycles. The summed E-state index contributed by atoms with van der Waals surface area (Å²) in [4.78, 5) is 18.1. The Morgan fingerprint density at radius 1 is 1.38 bits per heavy atom. The molecule has 0 unspecified atom stereocenters. The summed E-state index contributed by atoms with van der Waals surface area (Å²) in [6.07, 6.45) is 1.40. The topological polar surface area (TPSA) is 128 Å². The lowest BCUT2D eigenvalue weighted by Gasteiger charge is -2.08. The molecule has 0 fully saturated rings. The van der Waals surface area contributed by atoms with Crippen molar-refractivity contribution in [2.24, 2.45) is 5.73 Å². The van der Waals surface area contributed by atoms with Gasteiger partial charge in [0.05, 0.1) is 13.9 Å². The third-order valence-electron chi connectivity index (χ3n) is 2.30. The van der Waals surface area contributed by atoms with E-state index >= 15 is 0 Å². The van der Waals surface area contributed by atoms with Crippen molar-refractivity contribution in [1.82, 2.24) is 9.97 Å². The monoisotopic (exact) mass is 415 g/mol. The van der Waals surface area contributed by atoms with Crippen molar-refractivity contribution < 1.29 is 9.66 Å². The van der Waals surface area contributed by atoms with E-state index in [9.17, 15) is 10.1 Å².